The van der Waals surface area contributed by atoms with Crippen molar-refractivity contribution in [3.8, 4) is 40.0 Å². The van der Waals surface area contributed by atoms with E-state index >= 15 is 0 Å². The van der Waals surface area contributed by atoms with Crippen LogP contribution in [-0.4, -0.2) is 51.7 Å². The number of aromatic hydroxyl groups is 2. The molecule has 0 unspecified atom stereocenters. The standard InChI is InChI=1S/C34H35N3O8/c1-5-35-26-17-28-24(14-19(26)3)33(25-15-20(4)27(36-6-2)18-29(25)44-28)23-16-21(9-10-22(23)34(41)42)43-13-7-8-32(40)45-37-30(38)11-12-31(37)39/h9-12,14-18,35,38-39H,5-8,13H2,1-4H3,(H,41,42)/p+1. The van der Waals surface area contributed by atoms with Gasteiger partial charge in [-0.05, 0) is 70.0 Å². The molecule has 1 aliphatic heterocycles. The molecular weight excluding hydrogens is 578 g/mol. The second-order valence-corrected chi connectivity index (χ2v) is 10.6. The monoisotopic (exact) mass is 614 g/mol. The van der Waals surface area contributed by atoms with Crippen molar-refractivity contribution >= 4 is 28.6 Å². The molecule has 0 spiro atoms. The maximum absolute atomic E-state index is 12.5. The molecule has 0 saturated carbocycles. The zero-order chi connectivity index (χ0) is 32.2. The lowest BCUT2D eigenvalue weighted by Gasteiger charge is -2.19. The molecule has 5 rings (SSSR count). The fourth-order valence-electron chi connectivity index (χ4n) is 5.31. The van der Waals surface area contributed by atoms with Crippen LogP contribution in [0.25, 0.3) is 33.4 Å². The normalized spacial score (nSPS) is 11.7. The Morgan fingerprint density at radius 2 is 1.71 bits per heavy atom. The molecule has 234 valence electrons. The first kappa shape index (κ1) is 31.0. The van der Waals surface area contributed by atoms with E-state index in [4.69, 9.17) is 14.0 Å². The summed E-state index contributed by atoms with van der Waals surface area (Å²) in [7, 11) is 0. The van der Waals surface area contributed by atoms with Gasteiger partial charge in [0.1, 0.15) is 23.6 Å². The van der Waals surface area contributed by atoms with E-state index in [2.05, 4.69) is 10.3 Å². The molecule has 1 aliphatic carbocycles. The van der Waals surface area contributed by atoms with Crippen LogP contribution in [-0.2, 0) is 4.79 Å². The van der Waals surface area contributed by atoms with Gasteiger partial charge in [-0.3, -0.25) is 0 Å². The third-order valence-electron chi connectivity index (χ3n) is 7.42. The Bertz CT molecular complexity index is 1920. The second-order valence-electron chi connectivity index (χ2n) is 10.6. The first-order valence-corrected chi connectivity index (χ1v) is 14.7. The Balaban J connectivity index is 1.54. The number of rotatable bonds is 11. The Morgan fingerprint density at radius 3 is 2.40 bits per heavy atom. The fourth-order valence-corrected chi connectivity index (χ4v) is 5.31. The van der Waals surface area contributed by atoms with E-state index in [0.717, 1.165) is 46.2 Å². The van der Waals surface area contributed by atoms with Crippen LogP contribution in [0.5, 0.6) is 17.5 Å². The molecule has 0 bridgehead atoms. The first-order chi connectivity index (χ1) is 21.6. The Hall–Kier alpha value is -5.45. The first-order valence-electron chi connectivity index (χ1n) is 14.7. The van der Waals surface area contributed by atoms with Gasteiger partial charge in [0.15, 0.2) is 0 Å². The largest absolute Gasteiger partial charge is 0.494 e. The highest BCUT2D eigenvalue weighted by Gasteiger charge is 2.24. The van der Waals surface area contributed by atoms with E-state index in [1.807, 2.05) is 52.0 Å². The lowest BCUT2D eigenvalue weighted by atomic mass is 9.89. The number of aromatic nitrogens is 1. The van der Waals surface area contributed by atoms with Gasteiger partial charge < -0.3 is 34.6 Å². The number of carboxylic acid groups (broad SMARTS) is 1. The molecule has 2 heterocycles. The molecule has 45 heavy (non-hydrogen) atoms. The van der Waals surface area contributed by atoms with E-state index in [1.165, 1.54) is 18.2 Å². The number of fused-ring (bicyclic) bond motifs is 2. The van der Waals surface area contributed by atoms with Crippen LogP contribution in [0.15, 0.2) is 59.0 Å². The van der Waals surface area contributed by atoms with Crippen molar-refractivity contribution in [3.05, 3.63) is 76.6 Å². The highest BCUT2D eigenvalue weighted by atomic mass is 16.7. The number of hydrogen-bond donors (Lipinski definition) is 5. The number of nitrogens with zero attached hydrogens (tertiary/aromatic N) is 1. The molecule has 0 atom stereocenters. The molecular formula is C34H36N3O8+. The quantitative estimate of drug-likeness (QED) is 0.110. The smallest absolute Gasteiger partial charge is 0.336 e. The third kappa shape index (κ3) is 6.42. The number of carbonyl (C=O) groups excluding carboxylic acids is 1. The van der Waals surface area contributed by atoms with Gasteiger partial charge >= 0.3 is 11.9 Å². The van der Waals surface area contributed by atoms with Crippen molar-refractivity contribution < 1.29 is 43.9 Å². The number of aromatic carboxylic acids is 1. The maximum atomic E-state index is 12.5. The molecule has 2 aliphatic rings. The zero-order valence-corrected chi connectivity index (χ0v) is 25.6. The van der Waals surface area contributed by atoms with Crippen LogP contribution < -0.4 is 25.2 Å². The number of hydrogen-bond acceptors (Lipinski definition) is 8. The highest BCUT2D eigenvalue weighted by Crippen LogP contribution is 2.43. The minimum absolute atomic E-state index is 0.0482. The predicted molar refractivity (Wildman–Crippen MR) is 168 cm³/mol. The number of nitrogens with one attached hydrogen (secondary N) is 2. The van der Waals surface area contributed by atoms with E-state index in [9.17, 15) is 24.9 Å². The van der Waals surface area contributed by atoms with E-state index in [-0.39, 0.29) is 25.0 Å². The third-order valence-corrected chi connectivity index (χ3v) is 7.42. The van der Waals surface area contributed by atoms with Gasteiger partial charge in [0.2, 0.25) is 17.1 Å². The number of anilines is 1. The predicted octanol–water partition coefficient (Wildman–Crippen LogP) is 3.98. The molecule has 11 nitrogen and oxygen atoms in total. The second kappa shape index (κ2) is 13.0. The van der Waals surface area contributed by atoms with Gasteiger partial charge in [0.25, 0.3) is 0 Å². The van der Waals surface area contributed by atoms with Crippen molar-refractivity contribution in [2.75, 3.05) is 25.0 Å². The summed E-state index contributed by atoms with van der Waals surface area (Å²) >= 11 is 0. The number of benzene rings is 3. The molecule has 0 amide bonds. The molecule has 1 aromatic heterocycles. The van der Waals surface area contributed by atoms with Gasteiger partial charge in [-0.25, -0.2) is 14.6 Å². The molecule has 0 fully saturated rings. The highest BCUT2D eigenvalue weighted by molar-refractivity contribution is 6.08. The van der Waals surface area contributed by atoms with Gasteiger partial charge in [0.05, 0.1) is 24.7 Å². The molecule has 11 heteroatoms. The van der Waals surface area contributed by atoms with Crippen molar-refractivity contribution in [2.45, 2.75) is 40.5 Å². The topological polar surface area (TPSA) is 157 Å². The number of ether oxygens (including phenoxy) is 1. The van der Waals surface area contributed by atoms with Gasteiger partial charge in [-0.2, -0.15) is 0 Å². The summed E-state index contributed by atoms with van der Waals surface area (Å²) in [4.78, 5) is 33.1. The van der Waals surface area contributed by atoms with Crippen LogP contribution in [0, 0.1) is 13.8 Å². The van der Waals surface area contributed by atoms with Crippen molar-refractivity contribution in [1.29, 1.82) is 0 Å². The van der Waals surface area contributed by atoms with E-state index < -0.39 is 23.7 Å². The zero-order valence-electron chi connectivity index (χ0n) is 25.6. The maximum Gasteiger partial charge on any atom is 0.336 e. The molecule has 3 aromatic rings. The van der Waals surface area contributed by atoms with Crippen LogP contribution >= 0.6 is 0 Å². The van der Waals surface area contributed by atoms with E-state index in [0.29, 0.717) is 33.0 Å². The minimum atomic E-state index is -1.08. The summed E-state index contributed by atoms with van der Waals surface area (Å²) in [6, 6.07) is 15.1. The molecule has 0 radical (unpaired) electrons. The molecule has 5 N–H and O–H groups in total. The van der Waals surface area contributed by atoms with Crippen LogP contribution in [0.4, 0.5) is 5.69 Å². The van der Waals surface area contributed by atoms with Crippen LogP contribution in [0.1, 0.15) is 48.2 Å². The lowest BCUT2D eigenvalue weighted by Crippen LogP contribution is -2.76. The van der Waals surface area contributed by atoms with Crippen LogP contribution in [0.2, 0.25) is 0 Å². The van der Waals surface area contributed by atoms with Crippen LogP contribution in [0.3, 0.4) is 0 Å². The van der Waals surface area contributed by atoms with Crippen molar-refractivity contribution in [3.63, 3.8) is 0 Å². The van der Waals surface area contributed by atoms with Crippen molar-refractivity contribution in [2.24, 2.45) is 0 Å². The Kier molecular flexibility index (Phi) is 8.98. The lowest BCUT2D eigenvalue weighted by molar-refractivity contribution is -0.496. The Morgan fingerprint density at radius 1 is 0.956 bits per heavy atom. The average Bonchev–Trinajstić information content (AvgIpc) is 3.31. The average molecular weight is 615 g/mol. The number of aryl methyl sites for hydroxylation is 2. The van der Waals surface area contributed by atoms with Gasteiger partial charge in [-0.1, -0.05) is 0 Å². The molecule has 2 aromatic carbocycles. The van der Waals surface area contributed by atoms with Gasteiger partial charge in [0, 0.05) is 58.1 Å². The summed E-state index contributed by atoms with van der Waals surface area (Å²) in [6.45, 7) is 9.61. The SMILES string of the molecule is CCNc1cc2oc3cc(=[NH+]CC)c(C)cc-3c(-c3cc(OCCCC(=O)On4c(O)ccc4O)ccc3C(=O)O)c2cc1C. The Labute approximate surface area is 259 Å². The summed E-state index contributed by atoms with van der Waals surface area (Å²) in [6.07, 6.45) is 0.222. The number of carboxylic acids is 1. The van der Waals surface area contributed by atoms with E-state index in [1.54, 1.807) is 12.1 Å². The summed E-state index contributed by atoms with van der Waals surface area (Å²) in [5.41, 5.74) is 5.54. The summed E-state index contributed by atoms with van der Waals surface area (Å²) in [5.74, 6) is -1.54. The number of carbonyl (C=O) groups is 2. The molecule has 0 saturated heterocycles. The minimum Gasteiger partial charge on any atom is -0.494 e. The van der Waals surface area contributed by atoms with Crippen molar-refractivity contribution in [1.82, 2.24) is 4.73 Å². The van der Waals surface area contributed by atoms with Gasteiger partial charge in [-0.15, -0.1) is 4.73 Å². The fraction of sp³-hybridized carbons (Fsp3) is 0.265. The summed E-state index contributed by atoms with van der Waals surface area (Å²) in [5, 5.41) is 34.6. The summed E-state index contributed by atoms with van der Waals surface area (Å²) < 4.78 is 13.0.